The summed E-state index contributed by atoms with van der Waals surface area (Å²) in [5, 5.41) is 10.5. The van der Waals surface area contributed by atoms with Crippen LogP contribution in [-0.2, 0) is 23.1 Å². The van der Waals surface area contributed by atoms with Crippen molar-refractivity contribution < 1.29 is 18.0 Å². The molecule has 208 valence electrons. The van der Waals surface area contributed by atoms with E-state index < -0.39 is 10.0 Å². The molecule has 1 aliphatic rings. The largest absolute Gasteiger partial charge is 0.350 e. The molecule has 0 bridgehead atoms. The zero-order valence-electron chi connectivity index (χ0n) is 22.1. The fraction of sp³-hybridized carbons (Fsp3) is 0.407. The third-order valence-corrected chi connectivity index (χ3v) is 7.03. The lowest BCUT2D eigenvalue weighted by molar-refractivity contribution is 0.0950. The van der Waals surface area contributed by atoms with Crippen molar-refractivity contribution in [3.05, 3.63) is 71.7 Å². The molecule has 3 heterocycles. The highest BCUT2D eigenvalue weighted by atomic mass is 32.2. The van der Waals surface area contributed by atoms with Crippen molar-refractivity contribution in [1.82, 2.24) is 25.4 Å². The van der Waals surface area contributed by atoms with E-state index in [1.165, 1.54) is 10.9 Å². The molecule has 2 amide bonds. The van der Waals surface area contributed by atoms with Gasteiger partial charge in [-0.25, -0.2) is 13.1 Å². The number of amides is 2. The molecule has 39 heavy (non-hydrogen) atoms. The van der Waals surface area contributed by atoms with Crippen molar-refractivity contribution in [2.45, 2.75) is 45.2 Å². The zero-order chi connectivity index (χ0) is 27.7. The maximum atomic E-state index is 13.5. The Morgan fingerprint density at radius 3 is 2.64 bits per heavy atom. The number of hydrogen-bond donors (Lipinski definition) is 3. The summed E-state index contributed by atoms with van der Waals surface area (Å²) in [6.07, 6.45) is 11.1. The fourth-order valence-electron chi connectivity index (χ4n) is 4.55. The Balaban J connectivity index is 1.51. The molecule has 3 aromatic rings. The Bertz CT molecular complexity index is 1380. The third-order valence-electron chi connectivity index (χ3n) is 6.45. The van der Waals surface area contributed by atoms with Gasteiger partial charge >= 0.3 is 0 Å². The van der Waals surface area contributed by atoms with Gasteiger partial charge in [0.05, 0.1) is 24.6 Å². The van der Waals surface area contributed by atoms with Crippen LogP contribution in [0, 0.1) is 0 Å². The number of nitrogens with one attached hydrogen (secondary N) is 3. The minimum Gasteiger partial charge on any atom is -0.350 e. The number of fused-ring (bicyclic) bond motifs is 1. The molecule has 1 aliphatic heterocycles. The number of hydrogen-bond acceptors (Lipinski definition) is 7. The first kappa shape index (κ1) is 28.2. The summed E-state index contributed by atoms with van der Waals surface area (Å²) < 4.78 is 27.0. The van der Waals surface area contributed by atoms with Crippen LogP contribution in [0.1, 0.15) is 58.4 Å². The second kappa shape index (κ2) is 13.3. The molecule has 3 N–H and O–H groups in total. The second-order valence-electron chi connectivity index (χ2n) is 9.56. The van der Waals surface area contributed by atoms with E-state index in [0.29, 0.717) is 30.0 Å². The van der Waals surface area contributed by atoms with E-state index in [1.54, 1.807) is 41.6 Å². The average Bonchev–Trinajstić information content (AvgIpc) is 3.34. The van der Waals surface area contributed by atoms with Gasteiger partial charge in [-0.15, -0.1) is 0 Å². The first-order chi connectivity index (χ1) is 18.8. The van der Waals surface area contributed by atoms with Crippen LogP contribution in [0.3, 0.4) is 0 Å². The fourth-order valence-corrected chi connectivity index (χ4v) is 5.10. The number of sulfonamides is 1. The molecule has 2 aromatic heterocycles. The normalized spacial score (nSPS) is 14.9. The molecule has 11 nitrogen and oxygen atoms in total. The molecule has 0 radical (unpaired) electrons. The lowest BCUT2D eigenvalue weighted by Crippen LogP contribution is -2.34. The second-order valence-corrected chi connectivity index (χ2v) is 11.3. The molecule has 0 unspecified atom stereocenters. The molecular formula is C27H35N7O4S. The first-order valence-electron chi connectivity index (χ1n) is 13.2. The van der Waals surface area contributed by atoms with Crippen LogP contribution in [-0.4, -0.2) is 60.9 Å². The zero-order valence-corrected chi connectivity index (χ0v) is 22.9. The van der Waals surface area contributed by atoms with Gasteiger partial charge in [-0.2, -0.15) is 5.10 Å². The summed E-state index contributed by atoms with van der Waals surface area (Å²) >= 11 is 0. The van der Waals surface area contributed by atoms with Crippen molar-refractivity contribution in [3.63, 3.8) is 0 Å². The average molecular weight is 554 g/mol. The minimum atomic E-state index is -3.44. The van der Waals surface area contributed by atoms with Crippen LogP contribution in [0.15, 0.2) is 55.0 Å². The highest BCUT2D eigenvalue weighted by Gasteiger charge is 2.22. The lowest BCUT2D eigenvalue weighted by atomic mass is 10.0. The van der Waals surface area contributed by atoms with Crippen molar-refractivity contribution in [3.8, 4) is 0 Å². The maximum Gasteiger partial charge on any atom is 0.259 e. The Morgan fingerprint density at radius 1 is 1.03 bits per heavy atom. The van der Waals surface area contributed by atoms with Crippen molar-refractivity contribution in [2.24, 2.45) is 0 Å². The molecule has 0 aliphatic carbocycles. The number of nitrogens with zero attached hydrogens (tertiary/aromatic N) is 4. The number of carbonyl (C=O) groups is 2. The van der Waals surface area contributed by atoms with E-state index in [4.69, 9.17) is 0 Å². The van der Waals surface area contributed by atoms with Gasteiger partial charge in [0, 0.05) is 49.3 Å². The number of anilines is 2. The predicted molar refractivity (Wildman–Crippen MR) is 150 cm³/mol. The van der Waals surface area contributed by atoms with Crippen LogP contribution in [0.2, 0.25) is 0 Å². The van der Waals surface area contributed by atoms with Gasteiger partial charge in [0.2, 0.25) is 10.0 Å². The summed E-state index contributed by atoms with van der Waals surface area (Å²) in [7, 11) is -3.44. The summed E-state index contributed by atoms with van der Waals surface area (Å²) in [4.78, 5) is 32.4. The van der Waals surface area contributed by atoms with E-state index in [-0.39, 0.29) is 24.9 Å². The summed E-state index contributed by atoms with van der Waals surface area (Å²) in [5.74, 6) is -0.0498. The minimum absolute atomic E-state index is 0.114. The highest BCUT2D eigenvalue weighted by molar-refractivity contribution is 7.92. The third kappa shape index (κ3) is 8.11. The molecule has 0 spiro atoms. The topological polar surface area (TPSA) is 138 Å². The van der Waals surface area contributed by atoms with E-state index >= 15 is 0 Å². The molecule has 12 heteroatoms. The van der Waals surface area contributed by atoms with Gasteiger partial charge in [0.1, 0.15) is 5.82 Å². The van der Waals surface area contributed by atoms with Gasteiger partial charge < -0.3 is 15.5 Å². The van der Waals surface area contributed by atoms with Crippen LogP contribution in [0.5, 0.6) is 0 Å². The molecule has 0 atom stereocenters. The standard InChI is InChI=1S/C27H35N7O4S/c1-39(37,38)32-25-11-14-31-34(25)17-15-30-26(35)21-9-10-24-23(18-21)20-28-12-5-3-2-4-6-16-33(24)27(36)22-8-7-13-29-19-22/h7-11,13-14,18-19,28,32H,2-6,12,15-17,20H2,1H3,(H,30,35). The van der Waals surface area contributed by atoms with Crippen molar-refractivity contribution in [2.75, 3.05) is 35.5 Å². The molecule has 0 fully saturated rings. The molecular weight excluding hydrogens is 518 g/mol. The first-order valence-corrected chi connectivity index (χ1v) is 15.0. The van der Waals surface area contributed by atoms with Gasteiger partial charge in [-0.1, -0.05) is 19.3 Å². The summed E-state index contributed by atoms with van der Waals surface area (Å²) in [6.45, 7) is 2.51. The smallest absolute Gasteiger partial charge is 0.259 e. The van der Waals surface area contributed by atoms with Crippen LogP contribution < -0.4 is 20.3 Å². The SMILES string of the molecule is CS(=O)(=O)Nc1ccnn1CCNC(=O)c1ccc2c(c1)CNCCCCCCCN2C(=O)c1cccnc1. The Kier molecular flexibility index (Phi) is 9.66. The lowest BCUT2D eigenvalue weighted by Gasteiger charge is -2.26. The number of carbonyl (C=O) groups excluding carboxylic acids is 2. The molecule has 4 rings (SSSR count). The van der Waals surface area contributed by atoms with Gasteiger partial charge in [0.15, 0.2) is 0 Å². The van der Waals surface area contributed by atoms with Gasteiger partial charge in [0.25, 0.3) is 11.8 Å². The van der Waals surface area contributed by atoms with Crippen LogP contribution in [0.25, 0.3) is 0 Å². The number of rotatable bonds is 7. The predicted octanol–water partition coefficient (Wildman–Crippen LogP) is 2.78. The highest BCUT2D eigenvalue weighted by Crippen LogP contribution is 2.26. The Hall–Kier alpha value is -3.77. The summed E-state index contributed by atoms with van der Waals surface area (Å²) in [6, 6.07) is 10.5. The van der Waals surface area contributed by atoms with Gasteiger partial charge in [-0.05, 0) is 55.3 Å². The van der Waals surface area contributed by atoms with Crippen LogP contribution in [0.4, 0.5) is 11.5 Å². The molecule has 0 saturated carbocycles. The summed E-state index contributed by atoms with van der Waals surface area (Å²) in [5.41, 5.74) is 2.65. The Morgan fingerprint density at radius 2 is 1.85 bits per heavy atom. The monoisotopic (exact) mass is 553 g/mol. The van der Waals surface area contributed by atoms with Crippen molar-refractivity contribution >= 4 is 33.3 Å². The Labute approximate surface area is 229 Å². The quantitative estimate of drug-likeness (QED) is 0.409. The number of aromatic nitrogens is 3. The van der Waals surface area contributed by atoms with E-state index in [2.05, 4.69) is 25.4 Å². The number of benzene rings is 1. The molecule has 0 saturated heterocycles. The van der Waals surface area contributed by atoms with E-state index in [0.717, 1.165) is 56.2 Å². The van der Waals surface area contributed by atoms with E-state index in [9.17, 15) is 18.0 Å². The molecule has 1 aromatic carbocycles. The van der Waals surface area contributed by atoms with E-state index in [1.807, 2.05) is 12.1 Å². The number of pyridine rings is 1. The maximum absolute atomic E-state index is 13.5. The van der Waals surface area contributed by atoms with Crippen LogP contribution >= 0.6 is 0 Å². The van der Waals surface area contributed by atoms with Gasteiger partial charge in [-0.3, -0.25) is 19.3 Å². The van der Waals surface area contributed by atoms with Crippen molar-refractivity contribution in [1.29, 1.82) is 0 Å².